The van der Waals surface area contributed by atoms with Crippen LogP contribution in [0.4, 0.5) is 5.13 Å². The van der Waals surface area contributed by atoms with Gasteiger partial charge >= 0.3 is 0 Å². The second-order valence-electron chi connectivity index (χ2n) is 4.08. The van der Waals surface area contributed by atoms with Crippen molar-refractivity contribution in [3.8, 4) is 0 Å². The predicted octanol–water partition coefficient (Wildman–Crippen LogP) is 0.0966. The van der Waals surface area contributed by atoms with E-state index in [4.69, 9.17) is 0 Å². The molecular weight excluding hydrogens is 302 g/mol. The third-order valence-corrected chi connectivity index (χ3v) is 3.71. The minimum Gasteiger partial charge on any atom is -0.352 e. The molecule has 0 aliphatic carbocycles. The molecule has 0 atom stereocenters. The van der Waals surface area contributed by atoms with E-state index in [-0.39, 0.29) is 17.5 Å². The number of thiazole rings is 1. The fourth-order valence-corrected chi connectivity index (χ4v) is 2.96. The van der Waals surface area contributed by atoms with Gasteiger partial charge in [0, 0.05) is 23.7 Å². The second-order valence-corrected chi connectivity index (χ2v) is 6.68. The predicted molar refractivity (Wildman–Crippen MR) is 74.7 cm³/mol. The van der Waals surface area contributed by atoms with Crippen LogP contribution in [-0.2, 0) is 27.8 Å². The minimum absolute atomic E-state index is 0.0970. The van der Waals surface area contributed by atoms with Gasteiger partial charge < -0.3 is 5.32 Å². The molecular formula is C10H13N5O3S2. The Morgan fingerprint density at radius 3 is 2.95 bits per heavy atom. The lowest BCUT2D eigenvalue weighted by Gasteiger charge is -2.01. The van der Waals surface area contributed by atoms with Gasteiger partial charge in [0.1, 0.15) is 0 Å². The number of anilines is 1. The first kappa shape index (κ1) is 14.5. The number of H-pyrrole nitrogens is 1. The SMILES string of the molecule is CS(=O)(=O)Nc1nc(CC(=O)NCc2cn[nH]c2)cs1. The molecule has 0 fully saturated rings. The molecule has 0 bridgehead atoms. The van der Waals surface area contributed by atoms with E-state index < -0.39 is 10.0 Å². The van der Waals surface area contributed by atoms with E-state index in [0.717, 1.165) is 23.2 Å². The lowest BCUT2D eigenvalue weighted by molar-refractivity contribution is -0.120. The molecule has 2 aromatic rings. The van der Waals surface area contributed by atoms with E-state index in [1.165, 1.54) is 0 Å². The highest BCUT2D eigenvalue weighted by Crippen LogP contribution is 2.16. The first-order valence-electron chi connectivity index (χ1n) is 5.59. The third-order valence-electron chi connectivity index (χ3n) is 2.21. The zero-order valence-electron chi connectivity index (χ0n) is 10.6. The van der Waals surface area contributed by atoms with Crippen LogP contribution in [0.15, 0.2) is 17.8 Å². The highest BCUT2D eigenvalue weighted by Gasteiger charge is 2.10. The zero-order valence-corrected chi connectivity index (χ0v) is 12.2. The summed E-state index contributed by atoms with van der Waals surface area (Å²) in [6.07, 6.45) is 4.46. The van der Waals surface area contributed by atoms with Gasteiger partial charge in [0.25, 0.3) is 0 Å². The van der Waals surface area contributed by atoms with Gasteiger partial charge in [-0.15, -0.1) is 11.3 Å². The molecule has 0 spiro atoms. The Morgan fingerprint density at radius 2 is 2.30 bits per heavy atom. The van der Waals surface area contributed by atoms with E-state index >= 15 is 0 Å². The van der Waals surface area contributed by atoms with Crippen molar-refractivity contribution in [3.63, 3.8) is 0 Å². The molecule has 0 radical (unpaired) electrons. The number of aromatic amines is 1. The van der Waals surface area contributed by atoms with Crippen molar-refractivity contribution in [2.24, 2.45) is 0 Å². The Balaban J connectivity index is 1.85. The topological polar surface area (TPSA) is 117 Å². The smallest absolute Gasteiger partial charge is 0.231 e. The van der Waals surface area contributed by atoms with Crippen molar-refractivity contribution >= 4 is 32.4 Å². The van der Waals surface area contributed by atoms with E-state index in [9.17, 15) is 13.2 Å². The maximum absolute atomic E-state index is 11.7. The van der Waals surface area contributed by atoms with E-state index in [1.807, 2.05) is 0 Å². The number of carbonyl (C=O) groups excluding carboxylic acids is 1. The highest BCUT2D eigenvalue weighted by molar-refractivity contribution is 7.92. The molecule has 0 aromatic carbocycles. The molecule has 2 rings (SSSR count). The first-order chi connectivity index (χ1) is 9.42. The summed E-state index contributed by atoms with van der Waals surface area (Å²) in [5.74, 6) is -0.192. The van der Waals surface area contributed by atoms with Crippen LogP contribution in [0.25, 0.3) is 0 Å². The van der Waals surface area contributed by atoms with Crippen molar-refractivity contribution in [1.29, 1.82) is 0 Å². The van der Waals surface area contributed by atoms with Crippen molar-refractivity contribution < 1.29 is 13.2 Å². The van der Waals surface area contributed by atoms with E-state index in [1.54, 1.807) is 17.8 Å². The third kappa shape index (κ3) is 4.63. The summed E-state index contributed by atoms with van der Waals surface area (Å²) in [7, 11) is -3.35. The second kappa shape index (κ2) is 6.01. The molecule has 0 aliphatic rings. The van der Waals surface area contributed by atoms with Crippen molar-refractivity contribution in [2.75, 3.05) is 11.0 Å². The lowest BCUT2D eigenvalue weighted by atomic mass is 10.3. The Kier molecular flexibility index (Phi) is 4.35. The summed E-state index contributed by atoms with van der Waals surface area (Å²) in [5, 5.41) is 11.0. The van der Waals surface area contributed by atoms with Crippen LogP contribution in [0.5, 0.6) is 0 Å². The van der Waals surface area contributed by atoms with Crippen LogP contribution < -0.4 is 10.0 Å². The number of hydrogen-bond donors (Lipinski definition) is 3. The molecule has 0 aliphatic heterocycles. The molecule has 3 N–H and O–H groups in total. The van der Waals surface area contributed by atoms with Gasteiger partial charge in [-0.1, -0.05) is 0 Å². The first-order valence-corrected chi connectivity index (χ1v) is 8.36. The number of amides is 1. The zero-order chi connectivity index (χ0) is 14.6. The van der Waals surface area contributed by atoms with Crippen LogP contribution in [0.2, 0.25) is 0 Å². The summed E-state index contributed by atoms with van der Waals surface area (Å²) in [5.41, 5.74) is 1.39. The molecule has 20 heavy (non-hydrogen) atoms. The number of rotatable bonds is 6. The molecule has 0 unspecified atom stereocenters. The van der Waals surface area contributed by atoms with E-state index in [0.29, 0.717) is 12.2 Å². The largest absolute Gasteiger partial charge is 0.352 e. The van der Waals surface area contributed by atoms with Gasteiger partial charge in [-0.05, 0) is 0 Å². The standard InChI is InChI=1S/C10H13N5O3S2/c1-20(17,18)15-10-14-8(6-19-10)2-9(16)11-3-7-4-12-13-5-7/h4-6H,2-3H2,1H3,(H,11,16)(H,12,13)(H,14,15). The number of hydrogen-bond acceptors (Lipinski definition) is 6. The molecule has 8 nitrogen and oxygen atoms in total. The Bertz CT molecular complexity index is 678. The van der Waals surface area contributed by atoms with Gasteiger partial charge in [-0.3, -0.25) is 14.6 Å². The van der Waals surface area contributed by atoms with Gasteiger partial charge in [-0.2, -0.15) is 5.10 Å². The van der Waals surface area contributed by atoms with Gasteiger partial charge in [0.05, 0.1) is 24.6 Å². The molecule has 0 saturated carbocycles. The number of nitrogens with one attached hydrogen (secondary N) is 3. The summed E-state index contributed by atoms with van der Waals surface area (Å²) >= 11 is 1.14. The average Bonchev–Trinajstić information content (AvgIpc) is 2.96. The van der Waals surface area contributed by atoms with Crippen LogP contribution >= 0.6 is 11.3 Å². The van der Waals surface area contributed by atoms with Crippen LogP contribution in [0, 0.1) is 0 Å². The normalized spacial score (nSPS) is 11.2. The highest BCUT2D eigenvalue weighted by atomic mass is 32.2. The molecule has 2 heterocycles. The quantitative estimate of drug-likeness (QED) is 0.699. The van der Waals surface area contributed by atoms with Crippen molar-refractivity contribution in [3.05, 3.63) is 29.0 Å². The molecule has 108 valence electrons. The Morgan fingerprint density at radius 1 is 1.50 bits per heavy atom. The van der Waals surface area contributed by atoms with Crippen LogP contribution in [0.1, 0.15) is 11.3 Å². The fourth-order valence-electron chi connectivity index (χ4n) is 1.40. The maximum atomic E-state index is 11.7. The molecule has 0 saturated heterocycles. The summed E-state index contributed by atoms with van der Waals surface area (Å²) < 4.78 is 24.3. The number of aromatic nitrogens is 3. The summed E-state index contributed by atoms with van der Waals surface area (Å²) in [6, 6.07) is 0. The van der Waals surface area contributed by atoms with Gasteiger partial charge in [0.15, 0.2) is 5.13 Å². The maximum Gasteiger partial charge on any atom is 0.231 e. The minimum atomic E-state index is -3.35. The molecule has 2 aromatic heterocycles. The number of nitrogens with zero attached hydrogens (tertiary/aromatic N) is 2. The summed E-state index contributed by atoms with van der Waals surface area (Å²) in [4.78, 5) is 15.7. The van der Waals surface area contributed by atoms with Gasteiger partial charge in [0.2, 0.25) is 15.9 Å². The van der Waals surface area contributed by atoms with Crippen LogP contribution in [-0.4, -0.2) is 35.8 Å². The summed E-state index contributed by atoms with van der Waals surface area (Å²) in [6.45, 7) is 0.383. The number of carbonyl (C=O) groups is 1. The van der Waals surface area contributed by atoms with Crippen molar-refractivity contribution in [1.82, 2.24) is 20.5 Å². The lowest BCUT2D eigenvalue weighted by Crippen LogP contribution is -2.24. The average molecular weight is 315 g/mol. The fraction of sp³-hybridized carbons (Fsp3) is 0.300. The monoisotopic (exact) mass is 315 g/mol. The number of sulfonamides is 1. The van der Waals surface area contributed by atoms with Crippen molar-refractivity contribution in [2.45, 2.75) is 13.0 Å². The van der Waals surface area contributed by atoms with Gasteiger partial charge in [-0.25, -0.2) is 13.4 Å². The molecule has 1 amide bonds. The Labute approximate surface area is 119 Å². The van der Waals surface area contributed by atoms with E-state index in [2.05, 4.69) is 25.2 Å². The van der Waals surface area contributed by atoms with Crippen LogP contribution in [0.3, 0.4) is 0 Å². The molecule has 10 heteroatoms. The Hall–Kier alpha value is -1.94.